The standard InChI is InChI=1S/C22H26N2O4S2/c1-16-13-19-20(14-17(16)2)29-22(24(19)10-11-28-3)23-21(25)9-12-30(26,27)15-18-7-5-4-6-8-18/h4-8,13-14H,9-12,15H2,1-3H3. The number of rotatable bonds is 8. The third kappa shape index (κ3) is 5.65. The van der Waals surface area contributed by atoms with Crippen LogP contribution in [0.3, 0.4) is 0 Å². The van der Waals surface area contributed by atoms with Crippen molar-refractivity contribution in [3.05, 3.63) is 64.0 Å². The maximum absolute atomic E-state index is 12.5. The summed E-state index contributed by atoms with van der Waals surface area (Å²) < 4.78 is 32.9. The Balaban J connectivity index is 1.82. The van der Waals surface area contributed by atoms with E-state index in [2.05, 4.69) is 17.1 Å². The number of hydrogen-bond acceptors (Lipinski definition) is 5. The summed E-state index contributed by atoms with van der Waals surface area (Å²) in [5.74, 6) is -0.722. The molecule has 1 amide bonds. The lowest BCUT2D eigenvalue weighted by Gasteiger charge is -2.06. The van der Waals surface area contributed by atoms with E-state index in [-0.39, 0.29) is 17.9 Å². The number of aromatic nitrogens is 1. The lowest BCUT2D eigenvalue weighted by molar-refractivity contribution is -0.117. The van der Waals surface area contributed by atoms with Crippen molar-refractivity contribution in [2.45, 2.75) is 32.6 Å². The fourth-order valence-electron chi connectivity index (χ4n) is 3.11. The minimum absolute atomic E-state index is 0.0730. The number of nitrogens with zero attached hydrogens (tertiary/aromatic N) is 2. The van der Waals surface area contributed by atoms with E-state index in [1.165, 1.54) is 16.9 Å². The maximum Gasteiger partial charge on any atom is 0.249 e. The fourth-order valence-corrected chi connectivity index (χ4v) is 5.59. The summed E-state index contributed by atoms with van der Waals surface area (Å²) in [6.07, 6.45) is -0.133. The van der Waals surface area contributed by atoms with Gasteiger partial charge in [-0.15, -0.1) is 0 Å². The van der Waals surface area contributed by atoms with Gasteiger partial charge in [-0.05, 0) is 42.7 Å². The van der Waals surface area contributed by atoms with Crippen LogP contribution in [0, 0.1) is 13.8 Å². The van der Waals surface area contributed by atoms with Crippen LogP contribution in [0.25, 0.3) is 10.2 Å². The number of amides is 1. The van der Waals surface area contributed by atoms with Crippen LogP contribution < -0.4 is 4.80 Å². The predicted molar refractivity (Wildman–Crippen MR) is 120 cm³/mol. The molecule has 0 N–H and O–H groups in total. The number of hydrogen-bond donors (Lipinski definition) is 0. The Bertz CT molecular complexity index is 1210. The molecule has 0 aliphatic rings. The zero-order valence-electron chi connectivity index (χ0n) is 17.4. The number of carbonyl (C=O) groups is 1. The van der Waals surface area contributed by atoms with Gasteiger partial charge in [0.1, 0.15) is 0 Å². The highest BCUT2D eigenvalue weighted by molar-refractivity contribution is 7.90. The SMILES string of the molecule is COCCn1c(=NC(=O)CCS(=O)(=O)Cc2ccccc2)sc2cc(C)c(C)cc21. The lowest BCUT2D eigenvalue weighted by atomic mass is 10.1. The molecule has 1 aromatic heterocycles. The lowest BCUT2D eigenvalue weighted by Crippen LogP contribution is -2.20. The van der Waals surface area contributed by atoms with Crippen molar-refractivity contribution >= 4 is 37.3 Å². The van der Waals surface area contributed by atoms with Crippen LogP contribution in [0.4, 0.5) is 0 Å². The zero-order valence-corrected chi connectivity index (χ0v) is 19.1. The van der Waals surface area contributed by atoms with E-state index in [1.54, 1.807) is 31.4 Å². The average Bonchev–Trinajstić information content (AvgIpc) is 3.01. The average molecular weight is 447 g/mol. The molecule has 0 radical (unpaired) electrons. The second kappa shape index (κ2) is 9.68. The molecule has 0 unspecified atom stereocenters. The normalized spacial score (nSPS) is 12.6. The molecule has 1 heterocycles. The van der Waals surface area contributed by atoms with Gasteiger partial charge in [0.05, 0.1) is 28.3 Å². The van der Waals surface area contributed by atoms with Crippen LogP contribution in [0.1, 0.15) is 23.1 Å². The third-order valence-electron chi connectivity index (χ3n) is 4.89. The molecule has 8 heteroatoms. The highest BCUT2D eigenvalue weighted by Gasteiger charge is 2.15. The van der Waals surface area contributed by atoms with Crippen LogP contribution >= 0.6 is 11.3 Å². The Morgan fingerprint density at radius 2 is 1.83 bits per heavy atom. The third-order valence-corrected chi connectivity index (χ3v) is 7.53. The van der Waals surface area contributed by atoms with Crippen molar-refractivity contribution in [1.82, 2.24) is 4.57 Å². The summed E-state index contributed by atoms with van der Waals surface area (Å²) in [5.41, 5.74) is 4.06. The molecular formula is C22H26N2O4S2. The maximum atomic E-state index is 12.5. The minimum Gasteiger partial charge on any atom is -0.383 e. The van der Waals surface area contributed by atoms with Crippen LogP contribution in [0.15, 0.2) is 47.5 Å². The van der Waals surface area contributed by atoms with E-state index in [1.807, 2.05) is 24.5 Å². The van der Waals surface area contributed by atoms with E-state index in [0.717, 1.165) is 21.3 Å². The monoisotopic (exact) mass is 446 g/mol. The number of benzene rings is 2. The summed E-state index contributed by atoms with van der Waals surface area (Å²) in [6.45, 7) is 5.16. The molecule has 0 saturated carbocycles. The molecule has 0 saturated heterocycles. The van der Waals surface area contributed by atoms with Gasteiger partial charge in [-0.2, -0.15) is 4.99 Å². The van der Waals surface area contributed by atoms with Crippen LogP contribution in [0.2, 0.25) is 0 Å². The summed E-state index contributed by atoms with van der Waals surface area (Å²) in [5, 5.41) is 0. The molecule has 0 bridgehead atoms. The minimum atomic E-state index is -3.39. The number of sulfone groups is 1. The summed E-state index contributed by atoms with van der Waals surface area (Å²) in [6, 6.07) is 13.2. The molecular weight excluding hydrogens is 420 g/mol. The molecule has 0 spiro atoms. The zero-order chi connectivity index (χ0) is 21.7. The van der Waals surface area contributed by atoms with Gasteiger partial charge in [0.25, 0.3) is 0 Å². The molecule has 160 valence electrons. The number of carbonyl (C=O) groups excluding carboxylic acids is 1. The van der Waals surface area contributed by atoms with E-state index in [0.29, 0.717) is 18.0 Å². The van der Waals surface area contributed by atoms with E-state index < -0.39 is 15.7 Å². The molecule has 6 nitrogen and oxygen atoms in total. The van der Waals surface area contributed by atoms with Gasteiger partial charge in [0.15, 0.2) is 14.6 Å². The highest BCUT2D eigenvalue weighted by atomic mass is 32.2. The van der Waals surface area contributed by atoms with E-state index >= 15 is 0 Å². The fraction of sp³-hybridized carbons (Fsp3) is 0.364. The Labute approximate surface area is 180 Å². The van der Waals surface area contributed by atoms with E-state index in [4.69, 9.17) is 4.74 Å². The van der Waals surface area contributed by atoms with Crippen molar-refractivity contribution in [3.8, 4) is 0 Å². The molecule has 0 aliphatic carbocycles. The van der Waals surface area contributed by atoms with Gasteiger partial charge in [0.2, 0.25) is 5.91 Å². The molecule has 3 aromatic rings. The smallest absolute Gasteiger partial charge is 0.249 e. The second-order valence-corrected chi connectivity index (χ2v) is 10.5. The Kier molecular flexibility index (Phi) is 7.23. The first kappa shape index (κ1) is 22.4. The van der Waals surface area contributed by atoms with Gasteiger partial charge >= 0.3 is 0 Å². The molecule has 30 heavy (non-hydrogen) atoms. The van der Waals surface area contributed by atoms with Crippen molar-refractivity contribution < 1.29 is 17.9 Å². The van der Waals surface area contributed by atoms with Gasteiger partial charge in [-0.25, -0.2) is 8.42 Å². The van der Waals surface area contributed by atoms with Crippen molar-refractivity contribution in [1.29, 1.82) is 0 Å². The number of methoxy groups -OCH3 is 1. The van der Waals surface area contributed by atoms with Crippen LogP contribution in [0.5, 0.6) is 0 Å². The van der Waals surface area contributed by atoms with Crippen molar-refractivity contribution in [2.75, 3.05) is 19.5 Å². The first-order valence-corrected chi connectivity index (χ1v) is 12.3. The summed E-state index contributed by atoms with van der Waals surface area (Å²) in [7, 11) is -1.76. The van der Waals surface area contributed by atoms with Crippen molar-refractivity contribution in [2.24, 2.45) is 4.99 Å². The van der Waals surface area contributed by atoms with Crippen LogP contribution in [-0.2, 0) is 31.7 Å². The highest BCUT2D eigenvalue weighted by Crippen LogP contribution is 2.22. The topological polar surface area (TPSA) is 77.7 Å². The number of ether oxygens (including phenoxy) is 1. The first-order valence-electron chi connectivity index (χ1n) is 9.70. The molecule has 0 atom stereocenters. The van der Waals surface area contributed by atoms with Crippen LogP contribution in [-0.4, -0.2) is 38.4 Å². The molecule has 2 aromatic carbocycles. The van der Waals surface area contributed by atoms with E-state index in [9.17, 15) is 13.2 Å². The van der Waals surface area contributed by atoms with Crippen molar-refractivity contribution in [3.63, 3.8) is 0 Å². The number of thiazole rings is 1. The first-order chi connectivity index (χ1) is 14.3. The van der Waals surface area contributed by atoms with Gasteiger partial charge in [-0.3, -0.25) is 4.79 Å². The second-order valence-electron chi connectivity index (χ2n) is 7.27. The van der Waals surface area contributed by atoms with Gasteiger partial charge < -0.3 is 9.30 Å². The predicted octanol–water partition coefficient (Wildman–Crippen LogP) is 3.40. The summed E-state index contributed by atoms with van der Waals surface area (Å²) in [4.78, 5) is 17.3. The Morgan fingerprint density at radius 3 is 2.53 bits per heavy atom. The summed E-state index contributed by atoms with van der Waals surface area (Å²) >= 11 is 1.43. The van der Waals surface area contributed by atoms with Gasteiger partial charge in [0, 0.05) is 20.1 Å². The molecule has 0 fully saturated rings. The van der Waals surface area contributed by atoms with Gasteiger partial charge in [-0.1, -0.05) is 41.7 Å². The quantitative estimate of drug-likeness (QED) is 0.531. The molecule has 3 rings (SSSR count). The molecule has 0 aliphatic heterocycles. The Hall–Kier alpha value is -2.29. The Morgan fingerprint density at radius 1 is 1.13 bits per heavy atom. The largest absolute Gasteiger partial charge is 0.383 e. The number of fused-ring (bicyclic) bond motifs is 1. The number of aryl methyl sites for hydroxylation is 2.